The molecule has 0 spiro atoms. The second kappa shape index (κ2) is 18.7. The molecule has 0 atom stereocenters. The fourth-order valence-electron chi connectivity index (χ4n) is 10.4. The Bertz CT molecular complexity index is 4430. The third-order valence-corrected chi connectivity index (χ3v) is 13.9. The van der Waals surface area contributed by atoms with Gasteiger partial charge in [0.15, 0.2) is 17.5 Å². The highest BCUT2D eigenvalue weighted by molar-refractivity contribution is 6.12. The normalized spacial score (nSPS) is 12.5. The summed E-state index contributed by atoms with van der Waals surface area (Å²) in [4.78, 5) is 15.0. The molecule has 12 aromatic rings. The van der Waals surface area contributed by atoms with Gasteiger partial charge in [-0.15, -0.1) is 0 Å². The van der Waals surface area contributed by atoms with Crippen LogP contribution in [0.25, 0.3) is 111 Å². The van der Waals surface area contributed by atoms with Gasteiger partial charge < -0.3 is 9.13 Å². The summed E-state index contributed by atoms with van der Waals surface area (Å²) < 4.78 is 176. The van der Waals surface area contributed by atoms with E-state index in [-0.39, 0.29) is 74.3 Å². The minimum absolute atomic E-state index is 0.0173. The Balaban J connectivity index is 1.19. The maximum atomic E-state index is 14.8. The molecule has 0 bridgehead atoms. The van der Waals surface area contributed by atoms with E-state index in [0.29, 0.717) is 55.8 Å². The van der Waals surface area contributed by atoms with Gasteiger partial charge in [0, 0.05) is 38.2 Å². The third kappa shape index (κ3) is 8.90. The Labute approximate surface area is 444 Å². The number of para-hydroxylation sites is 2. The van der Waals surface area contributed by atoms with E-state index in [1.54, 1.807) is 137 Å². The van der Waals surface area contributed by atoms with Gasteiger partial charge in [0.05, 0.1) is 61.3 Å². The van der Waals surface area contributed by atoms with Crippen LogP contribution in [0.5, 0.6) is 0 Å². The van der Waals surface area contributed by atoms with E-state index >= 15 is 0 Å². The molecule has 0 fully saturated rings. The number of nitriles is 1. The third-order valence-electron chi connectivity index (χ3n) is 13.9. The van der Waals surface area contributed by atoms with E-state index in [1.807, 2.05) is 0 Å². The fraction of sp³-hybridized carbons (Fsp3) is 0.0645. The van der Waals surface area contributed by atoms with E-state index < -0.39 is 58.1 Å². The lowest BCUT2D eigenvalue weighted by molar-refractivity contribution is -0.144. The molecule has 0 aliphatic carbocycles. The van der Waals surface area contributed by atoms with Crippen molar-refractivity contribution in [2.24, 2.45) is 0 Å². The minimum Gasteiger partial charge on any atom is -0.308 e. The van der Waals surface area contributed by atoms with Crippen molar-refractivity contribution < 1.29 is 52.7 Å². The van der Waals surface area contributed by atoms with Crippen LogP contribution in [0.3, 0.4) is 0 Å². The van der Waals surface area contributed by atoms with Crippen LogP contribution in [0, 0.1) is 11.3 Å². The van der Waals surface area contributed by atoms with Crippen molar-refractivity contribution in [2.45, 2.75) is 24.7 Å². The van der Waals surface area contributed by atoms with E-state index in [2.05, 4.69) is 6.07 Å². The lowest BCUT2D eigenvalue weighted by Crippen LogP contribution is -2.12. The van der Waals surface area contributed by atoms with Crippen LogP contribution in [-0.2, 0) is 24.7 Å². The zero-order chi connectivity index (χ0) is 56.0. The van der Waals surface area contributed by atoms with Crippen molar-refractivity contribution in [1.82, 2.24) is 24.1 Å². The number of rotatable bonds is 7. The Morgan fingerprint density at radius 1 is 0.325 bits per heavy atom. The molecule has 0 radical (unpaired) electrons. The van der Waals surface area contributed by atoms with E-state index in [1.165, 1.54) is 30.3 Å². The summed E-state index contributed by atoms with van der Waals surface area (Å²) in [6.07, 6.45) is -20.6. The van der Waals surface area contributed by atoms with Crippen molar-refractivity contribution in [3.05, 3.63) is 222 Å². The van der Waals surface area contributed by atoms with Gasteiger partial charge in [-0.3, -0.25) is 0 Å². The molecule has 6 nitrogen and oxygen atoms in total. The molecule has 12 rings (SSSR count). The van der Waals surface area contributed by atoms with E-state index in [0.717, 1.165) is 12.1 Å². The number of fused-ring (bicyclic) bond motifs is 6. The molecule has 3 heterocycles. The van der Waals surface area contributed by atoms with Gasteiger partial charge >= 0.3 is 24.7 Å². The highest BCUT2D eigenvalue weighted by Crippen LogP contribution is 2.47. The molecule has 0 N–H and O–H groups in total. The lowest BCUT2D eigenvalue weighted by atomic mass is 9.96. The minimum atomic E-state index is -5.22. The number of benzene rings is 9. The van der Waals surface area contributed by atoms with Crippen molar-refractivity contribution in [3.63, 3.8) is 0 Å². The Kier molecular flexibility index (Phi) is 11.9. The van der Waals surface area contributed by atoms with Crippen molar-refractivity contribution >= 4 is 43.6 Å². The average Bonchev–Trinajstić information content (AvgIpc) is 3.97. The average molecular weight is 1090 g/mol. The summed E-state index contributed by atoms with van der Waals surface area (Å²) in [7, 11) is 0. The molecule has 9 aromatic carbocycles. The first kappa shape index (κ1) is 51.0. The highest BCUT2D eigenvalue weighted by Gasteiger charge is 2.40. The molecule has 0 aliphatic rings. The first-order chi connectivity index (χ1) is 38.2. The number of hydrogen-bond donors (Lipinski definition) is 0. The molecule has 394 valence electrons. The number of alkyl halides is 12. The SMILES string of the molecule is N#Cc1cc(-n2c3ccccc3c3ccc(-c4ccc(C(F)(F)F)cc4C(F)(F)F)cc32)c(-c2nc(-c3ccccc3)nc(-c3ccccc3)n2)cc1-n1c2ccccc2c2ccc(-c3ccc(C(F)(F)F)cc3C(F)(F)F)cc21. The maximum absolute atomic E-state index is 14.8. The zero-order valence-electron chi connectivity index (χ0n) is 40.7. The summed E-state index contributed by atoms with van der Waals surface area (Å²) in [6.45, 7) is 0. The van der Waals surface area contributed by atoms with Gasteiger partial charge in [0.1, 0.15) is 6.07 Å². The van der Waals surface area contributed by atoms with Crippen LogP contribution in [0.4, 0.5) is 52.7 Å². The van der Waals surface area contributed by atoms with Crippen LogP contribution in [-0.4, -0.2) is 24.1 Å². The predicted molar refractivity (Wildman–Crippen MR) is 280 cm³/mol. The Morgan fingerprint density at radius 3 is 1.15 bits per heavy atom. The predicted octanol–water partition coefficient (Wildman–Crippen LogP) is 18.3. The van der Waals surface area contributed by atoms with Crippen LogP contribution in [0.2, 0.25) is 0 Å². The van der Waals surface area contributed by atoms with E-state index in [4.69, 9.17) is 15.0 Å². The summed E-state index contributed by atoms with van der Waals surface area (Å²) in [6, 6.07) is 48.6. The Morgan fingerprint density at radius 2 is 0.725 bits per heavy atom. The van der Waals surface area contributed by atoms with Crippen LogP contribution in [0.1, 0.15) is 27.8 Å². The monoisotopic (exact) mass is 1090 g/mol. The molecule has 80 heavy (non-hydrogen) atoms. The van der Waals surface area contributed by atoms with Gasteiger partial charge in [-0.05, 0) is 82.9 Å². The Hall–Kier alpha value is -9.76. The molecular weight excluding hydrogens is 1060 g/mol. The number of aromatic nitrogens is 5. The smallest absolute Gasteiger partial charge is 0.308 e. The van der Waals surface area contributed by atoms with Crippen LogP contribution >= 0.6 is 0 Å². The quantitative estimate of drug-likeness (QED) is 0.149. The molecule has 0 aliphatic heterocycles. The summed E-state index contributed by atoms with van der Waals surface area (Å²) >= 11 is 0. The van der Waals surface area contributed by atoms with Crippen molar-refractivity contribution in [1.29, 1.82) is 5.26 Å². The molecule has 0 amide bonds. The van der Waals surface area contributed by atoms with Crippen LogP contribution < -0.4 is 0 Å². The topological polar surface area (TPSA) is 72.3 Å². The molecular formula is C62H32F12N6. The summed E-state index contributed by atoms with van der Waals surface area (Å²) in [5, 5.41) is 13.5. The van der Waals surface area contributed by atoms with E-state index in [9.17, 15) is 57.9 Å². The second-order valence-corrected chi connectivity index (χ2v) is 18.7. The second-order valence-electron chi connectivity index (χ2n) is 18.7. The molecule has 0 saturated carbocycles. The highest BCUT2D eigenvalue weighted by atomic mass is 19.4. The molecule has 3 aromatic heterocycles. The number of nitrogens with zero attached hydrogens (tertiary/aromatic N) is 6. The van der Waals surface area contributed by atoms with Crippen molar-refractivity contribution in [3.8, 4) is 73.9 Å². The fourth-order valence-corrected chi connectivity index (χ4v) is 10.4. The van der Waals surface area contributed by atoms with Gasteiger partial charge in [-0.25, -0.2) is 15.0 Å². The van der Waals surface area contributed by atoms with Crippen LogP contribution in [0.15, 0.2) is 194 Å². The van der Waals surface area contributed by atoms with Gasteiger partial charge in [0.2, 0.25) is 0 Å². The molecule has 0 saturated heterocycles. The molecule has 18 heteroatoms. The van der Waals surface area contributed by atoms with Gasteiger partial charge in [0.25, 0.3) is 0 Å². The maximum Gasteiger partial charge on any atom is 0.417 e. The number of halogens is 12. The van der Waals surface area contributed by atoms with Crippen molar-refractivity contribution in [2.75, 3.05) is 0 Å². The standard InChI is InChI=1S/C62H32F12N6/c63-59(64,65)39-21-25-41(48(30-39)61(69,70)71)36-19-23-45-43-15-7-9-17-50(43)79(53(45)27-36)52-32-47(58-77-56(34-11-3-1-4-12-34)76-57(78-58)35-13-5-2-6-14-35)55(29-38(52)33-75)80-51-18-10-8-16-44(51)46-24-20-37(28-54(46)80)42-26-22-40(60(66,67)68)31-49(42)62(72,73)74/h1-32H. The summed E-state index contributed by atoms with van der Waals surface area (Å²) in [5.74, 6) is 0.427. The largest absolute Gasteiger partial charge is 0.417 e. The summed E-state index contributed by atoms with van der Waals surface area (Å²) in [5.41, 5.74) is -4.27. The number of hydrogen-bond acceptors (Lipinski definition) is 4. The molecule has 0 unspecified atom stereocenters. The first-order valence-corrected chi connectivity index (χ1v) is 24.3. The van der Waals surface area contributed by atoms with Gasteiger partial charge in [-0.1, -0.05) is 133 Å². The van der Waals surface area contributed by atoms with Gasteiger partial charge in [-0.2, -0.15) is 57.9 Å². The zero-order valence-corrected chi connectivity index (χ0v) is 40.7. The first-order valence-electron chi connectivity index (χ1n) is 24.3. The lowest BCUT2D eigenvalue weighted by Gasteiger charge is -2.19.